The Hall–Kier alpha value is -3.17. The van der Waals surface area contributed by atoms with Crippen LogP contribution in [0.2, 0.25) is 0 Å². The number of aliphatic hydroxyl groups excluding tert-OH is 2. The molecule has 1 unspecified atom stereocenters. The van der Waals surface area contributed by atoms with Crippen LogP contribution in [0.5, 0.6) is 5.75 Å². The Balaban J connectivity index is 1.59. The van der Waals surface area contributed by atoms with E-state index in [0.717, 1.165) is 31.5 Å². The molecule has 6 N–H and O–H groups in total. The number of aromatic hydroxyl groups is 1. The summed E-state index contributed by atoms with van der Waals surface area (Å²) >= 11 is 0. The maximum atomic E-state index is 13.6. The molecule has 1 aromatic rings. The number of carbonyl (C=O) groups excluding carboxylic acids is 3. The fourth-order valence-electron chi connectivity index (χ4n) is 6.19. The number of phenolic OH excluding ortho intramolecular Hbond substituents is 1. The lowest BCUT2D eigenvalue weighted by Crippen LogP contribution is -2.57. The van der Waals surface area contributed by atoms with E-state index in [1.807, 2.05) is 6.07 Å². The summed E-state index contributed by atoms with van der Waals surface area (Å²) in [5.74, 6) is -6.05. The van der Waals surface area contributed by atoms with Crippen LogP contribution < -0.4 is 5.73 Å². The van der Waals surface area contributed by atoms with Gasteiger partial charge >= 0.3 is 0 Å². The fraction of sp³-hybridized carbons (Fsp3) is 0.480. The molecule has 0 aromatic heterocycles. The fourth-order valence-corrected chi connectivity index (χ4v) is 6.19. The second kappa shape index (κ2) is 7.95. The molecule has 0 bridgehead atoms. The van der Waals surface area contributed by atoms with Gasteiger partial charge in [0.25, 0.3) is 5.91 Å². The number of ketones is 2. The third kappa shape index (κ3) is 3.18. The first-order valence-electron chi connectivity index (χ1n) is 11.7. The van der Waals surface area contributed by atoms with Crippen molar-refractivity contribution in [3.8, 4) is 5.75 Å². The molecule has 1 saturated heterocycles. The summed E-state index contributed by atoms with van der Waals surface area (Å²) in [5.41, 5.74) is 3.51. The van der Waals surface area contributed by atoms with Gasteiger partial charge in [-0.3, -0.25) is 19.3 Å². The highest BCUT2D eigenvalue weighted by atomic mass is 16.3. The Kier molecular flexibility index (Phi) is 5.29. The summed E-state index contributed by atoms with van der Waals surface area (Å²) < 4.78 is 0. The molecule has 1 amide bonds. The first-order valence-corrected chi connectivity index (χ1v) is 11.7. The van der Waals surface area contributed by atoms with Gasteiger partial charge in [-0.1, -0.05) is 12.5 Å². The predicted molar refractivity (Wildman–Crippen MR) is 120 cm³/mol. The van der Waals surface area contributed by atoms with Crippen molar-refractivity contribution in [1.82, 2.24) is 4.90 Å². The third-order valence-corrected chi connectivity index (χ3v) is 7.88. The van der Waals surface area contributed by atoms with Crippen LogP contribution in [0.1, 0.15) is 53.6 Å². The van der Waals surface area contributed by atoms with Gasteiger partial charge in [0.1, 0.15) is 22.8 Å². The largest absolute Gasteiger partial charge is 0.511 e. The summed E-state index contributed by atoms with van der Waals surface area (Å²) in [5, 5.41) is 43.2. The minimum Gasteiger partial charge on any atom is -0.511 e. The van der Waals surface area contributed by atoms with Crippen LogP contribution in [0.3, 0.4) is 0 Å². The highest BCUT2D eigenvalue weighted by molar-refractivity contribution is 6.24. The number of carbonyl (C=O) groups is 3. The lowest BCUT2D eigenvalue weighted by molar-refractivity contribution is -0.144. The molecule has 0 spiro atoms. The van der Waals surface area contributed by atoms with Crippen LogP contribution in [0.4, 0.5) is 0 Å². The zero-order valence-electron chi connectivity index (χ0n) is 18.7. The van der Waals surface area contributed by atoms with Crippen LogP contribution >= 0.6 is 0 Å². The van der Waals surface area contributed by atoms with E-state index in [1.165, 1.54) is 12.5 Å². The number of Topliss-reactive ketones (excluding diaryl/α,β-unsaturated/α-hetero) is 2. The van der Waals surface area contributed by atoms with Crippen molar-refractivity contribution in [2.45, 2.75) is 50.7 Å². The van der Waals surface area contributed by atoms with E-state index in [2.05, 4.69) is 4.90 Å². The van der Waals surface area contributed by atoms with E-state index >= 15 is 0 Å². The van der Waals surface area contributed by atoms with Crippen LogP contribution in [0.15, 0.2) is 34.8 Å². The van der Waals surface area contributed by atoms with Gasteiger partial charge in [-0.2, -0.15) is 0 Å². The highest BCUT2D eigenvalue weighted by Gasteiger charge is 2.59. The molecule has 3 aliphatic carbocycles. The van der Waals surface area contributed by atoms with Gasteiger partial charge in [-0.25, -0.2) is 0 Å². The molecule has 1 aliphatic heterocycles. The molecule has 34 heavy (non-hydrogen) atoms. The highest BCUT2D eigenvalue weighted by Crippen LogP contribution is 2.51. The van der Waals surface area contributed by atoms with Crippen LogP contribution in [0.25, 0.3) is 0 Å². The van der Waals surface area contributed by atoms with Gasteiger partial charge in [-0.15, -0.1) is 0 Å². The van der Waals surface area contributed by atoms with Crippen LogP contribution in [-0.2, 0) is 22.6 Å². The number of phenols is 1. The zero-order chi connectivity index (χ0) is 24.4. The molecule has 180 valence electrons. The number of benzene rings is 1. The lowest BCUT2D eigenvalue weighted by atomic mass is 9.60. The van der Waals surface area contributed by atoms with E-state index < -0.39 is 52.0 Å². The quantitative estimate of drug-likeness (QED) is 0.418. The number of amides is 1. The van der Waals surface area contributed by atoms with Gasteiger partial charge in [0.05, 0.1) is 5.56 Å². The van der Waals surface area contributed by atoms with Crippen molar-refractivity contribution in [2.24, 2.45) is 17.6 Å². The smallest absolute Gasteiger partial charge is 0.255 e. The molecule has 9 heteroatoms. The molecule has 5 rings (SSSR count). The summed E-state index contributed by atoms with van der Waals surface area (Å²) in [4.78, 5) is 40.6. The number of nitrogens with two attached hydrogens (primary N) is 1. The summed E-state index contributed by atoms with van der Waals surface area (Å²) in [7, 11) is 0. The van der Waals surface area contributed by atoms with Crippen molar-refractivity contribution in [2.75, 3.05) is 13.1 Å². The number of primary amides is 1. The van der Waals surface area contributed by atoms with Gasteiger partial charge < -0.3 is 26.2 Å². The molecule has 4 aliphatic rings. The van der Waals surface area contributed by atoms with Gasteiger partial charge in [0.2, 0.25) is 5.78 Å². The summed E-state index contributed by atoms with van der Waals surface area (Å²) in [6.07, 6.45) is 3.67. The number of nitrogens with zero attached hydrogens (tertiary/aromatic N) is 1. The van der Waals surface area contributed by atoms with Crippen molar-refractivity contribution in [3.63, 3.8) is 0 Å². The van der Waals surface area contributed by atoms with Crippen LogP contribution in [-0.4, -0.2) is 61.5 Å². The molecule has 0 radical (unpaired) electrons. The summed E-state index contributed by atoms with van der Waals surface area (Å²) in [6, 6.07) is 3.29. The number of fused-ring (bicyclic) bond motifs is 3. The molecule has 9 nitrogen and oxygen atoms in total. The monoisotopic (exact) mass is 468 g/mol. The maximum absolute atomic E-state index is 13.6. The first kappa shape index (κ1) is 22.6. The number of piperidine rings is 1. The minimum absolute atomic E-state index is 0.0751. The Bertz CT molecular complexity index is 1180. The Morgan fingerprint density at radius 3 is 2.47 bits per heavy atom. The minimum atomic E-state index is -2.53. The van der Waals surface area contributed by atoms with Crippen molar-refractivity contribution < 1.29 is 34.8 Å². The first-order chi connectivity index (χ1) is 16.1. The zero-order valence-corrected chi connectivity index (χ0v) is 18.7. The number of hydrogen-bond donors (Lipinski definition) is 5. The molecular formula is C25H28N2O7. The Morgan fingerprint density at radius 1 is 1.09 bits per heavy atom. The van der Waals surface area contributed by atoms with E-state index in [-0.39, 0.29) is 29.7 Å². The molecule has 0 saturated carbocycles. The number of rotatable bonds is 3. The van der Waals surface area contributed by atoms with Gasteiger partial charge in [0, 0.05) is 24.5 Å². The second-order valence-corrected chi connectivity index (χ2v) is 9.84. The molecular weight excluding hydrogens is 440 g/mol. The van der Waals surface area contributed by atoms with Crippen molar-refractivity contribution in [3.05, 3.63) is 51.5 Å². The Labute approximate surface area is 196 Å². The van der Waals surface area contributed by atoms with Crippen molar-refractivity contribution in [1.29, 1.82) is 0 Å². The van der Waals surface area contributed by atoms with E-state index in [0.29, 0.717) is 18.5 Å². The van der Waals surface area contributed by atoms with Crippen molar-refractivity contribution >= 4 is 17.5 Å². The molecule has 1 heterocycles. The topological polar surface area (TPSA) is 161 Å². The third-order valence-electron chi connectivity index (χ3n) is 7.88. The molecule has 1 aromatic carbocycles. The Morgan fingerprint density at radius 2 is 1.79 bits per heavy atom. The number of allylic oxidation sites excluding steroid dienone is 2. The standard InChI is InChI=1S/C25H28N2O7/c26-24(33)20-17(29)10-14-8-13-9-15-12(11-27-6-2-1-3-7-27)4-5-16(28)19(15)21(30)18(13)22(31)25(14,34)23(20)32/h4-5,13-14,28-29,31,34H,1-3,6-11H2,(H2,26,33)/t13-,14?,25+/m1/s1. The van der Waals surface area contributed by atoms with E-state index in [9.17, 15) is 34.8 Å². The SMILES string of the molecule is NC(=O)C1=C(O)CC2C[C@@H]3Cc4c(CN5CCCCC5)ccc(O)c4C(=O)C3=C(O)[C@]2(O)C1=O. The van der Waals surface area contributed by atoms with E-state index in [4.69, 9.17) is 5.73 Å². The van der Waals surface area contributed by atoms with Gasteiger partial charge in [-0.05, 0) is 61.9 Å². The molecule has 1 fully saturated rings. The lowest BCUT2D eigenvalue weighted by Gasteiger charge is -2.45. The number of aliphatic hydroxyl groups is 3. The van der Waals surface area contributed by atoms with E-state index in [1.54, 1.807) is 0 Å². The van der Waals surface area contributed by atoms with Gasteiger partial charge in [0.15, 0.2) is 11.4 Å². The average Bonchev–Trinajstić information content (AvgIpc) is 2.78. The maximum Gasteiger partial charge on any atom is 0.255 e. The number of likely N-dealkylation sites (tertiary alicyclic amines) is 1. The summed E-state index contributed by atoms with van der Waals surface area (Å²) in [6.45, 7) is 2.57. The predicted octanol–water partition coefficient (Wildman–Crippen LogP) is 1.57. The normalized spacial score (nSPS) is 29.6. The second-order valence-electron chi connectivity index (χ2n) is 9.84. The average molecular weight is 469 g/mol. The number of hydrogen-bond acceptors (Lipinski definition) is 8. The van der Waals surface area contributed by atoms with Crippen LogP contribution in [0, 0.1) is 11.8 Å². The molecule has 3 atom stereocenters.